The second-order valence-corrected chi connectivity index (χ2v) is 17.0. The molecule has 1 aromatic heterocycles. The van der Waals surface area contributed by atoms with E-state index in [-0.39, 0.29) is 0 Å². The molecule has 63 heavy (non-hydrogen) atoms. The molecule has 0 N–H and O–H groups in total. The van der Waals surface area contributed by atoms with Crippen LogP contribution in [0.1, 0.15) is 17.5 Å². The number of para-hydroxylation sites is 1. The van der Waals surface area contributed by atoms with Gasteiger partial charge in [-0.05, 0) is 147 Å². The molecule has 1 heteroatoms. The van der Waals surface area contributed by atoms with Crippen LogP contribution in [0.15, 0.2) is 217 Å². The third-order valence-electron chi connectivity index (χ3n) is 13.5. The summed E-state index contributed by atoms with van der Waals surface area (Å²) in [4.78, 5) is 0. The molecular weight excluding hydrogens is 761 g/mol. The second kappa shape index (κ2) is 14.3. The van der Waals surface area contributed by atoms with Crippen LogP contribution in [0.4, 0.5) is 0 Å². The molecule has 1 aliphatic rings. The fraction of sp³-hybridized carbons (Fsp3) is 0.0323. The van der Waals surface area contributed by atoms with Crippen LogP contribution in [-0.2, 0) is 6.42 Å². The number of allylic oxidation sites excluding steroid dienone is 1. The fourth-order valence-electron chi connectivity index (χ4n) is 10.6. The maximum atomic E-state index is 6.83. The van der Waals surface area contributed by atoms with Crippen LogP contribution in [0.2, 0.25) is 0 Å². The molecule has 11 aromatic carbocycles. The predicted octanol–water partition coefficient (Wildman–Crippen LogP) is 17.5. The molecule has 1 heterocycles. The Kier molecular flexibility index (Phi) is 8.11. The Morgan fingerprint density at radius 2 is 0.905 bits per heavy atom. The van der Waals surface area contributed by atoms with E-state index in [4.69, 9.17) is 4.42 Å². The molecule has 0 atom stereocenters. The number of hydrogen-bond donors (Lipinski definition) is 0. The topological polar surface area (TPSA) is 13.1 Å². The van der Waals surface area contributed by atoms with Crippen LogP contribution >= 0.6 is 0 Å². The van der Waals surface area contributed by atoms with E-state index in [0.717, 1.165) is 45.9 Å². The Bertz CT molecular complexity index is 3850. The van der Waals surface area contributed by atoms with Gasteiger partial charge in [0, 0.05) is 16.3 Å². The van der Waals surface area contributed by atoms with Crippen molar-refractivity contribution in [2.24, 2.45) is 0 Å². The van der Waals surface area contributed by atoms with Crippen LogP contribution < -0.4 is 0 Å². The molecule has 0 amide bonds. The lowest BCUT2D eigenvalue weighted by Crippen LogP contribution is -1.96. The zero-order valence-electron chi connectivity index (χ0n) is 34.6. The summed E-state index contributed by atoms with van der Waals surface area (Å²) >= 11 is 0. The number of rotatable bonds is 5. The van der Waals surface area contributed by atoms with Crippen molar-refractivity contribution in [2.75, 3.05) is 0 Å². The van der Waals surface area contributed by atoms with Crippen LogP contribution in [0.25, 0.3) is 127 Å². The van der Waals surface area contributed by atoms with E-state index in [1.807, 2.05) is 0 Å². The number of fused-ring (bicyclic) bond motifs is 8. The normalized spacial score (nSPS) is 12.6. The van der Waals surface area contributed by atoms with Crippen molar-refractivity contribution in [1.29, 1.82) is 0 Å². The van der Waals surface area contributed by atoms with Gasteiger partial charge in [-0.1, -0.05) is 188 Å². The third-order valence-corrected chi connectivity index (χ3v) is 13.5. The Labute approximate surface area is 365 Å². The van der Waals surface area contributed by atoms with Gasteiger partial charge in [-0.3, -0.25) is 0 Å². The van der Waals surface area contributed by atoms with Gasteiger partial charge in [0.1, 0.15) is 11.2 Å². The highest BCUT2D eigenvalue weighted by atomic mass is 16.3. The lowest BCUT2D eigenvalue weighted by molar-refractivity contribution is 0.670. The first-order chi connectivity index (χ1) is 31.2. The van der Waals surface area contributed by atoms with Crippen molar-refractivity contribution in [3.8, 4) is 55.6 Å². The first-order valence-corrected chi connectivity index (χ1v) is 22.0. The molecule has 0 bridgehead atoms. The molecule has 0 spiro atoms. The summed E-state index contributed by atoms with van der Waals surface area (Å²) in [7, 11) is 0. The smallest absolute Gasteiger partial charge is 0.143 e. The zero-order valence-corrected chi connectivity index (χ0v) is 34.6. The third kappa shape index (κ3) is 5.70. The Hall–Kier alpha value is -8.00. The van der Waals surface area contributed by atoms with Gasteiger partial charge in [0.25, 0.3) is 0 Å². The summed E-state index contributed by atoms with van der Waals surface area (Å²) in [5.74, 6) is 0. The number of hydrogen-bond acceptors (Lipinski definition) is 1. The first kappa shape index (κ1) is 35.7. The van der Waals surface area contributed by atoms with Crippen LogP contribution in [-0.4, -0.2) is 0 Å². The van der Waals surface area contributed by atoms with E-state index in [9.17, 15) is 0 Å². The van der Waals surface area contributed by atoms with E-state index < -0.39 is 0 Å². The maximum absolute atomic E-state index is 6.83. The van der Waals surface area contributed by atoms with Crippen molar-refractivity contribution < 1.29 is 4.42 Å². The molecule has 0 fully saturated rings. The molecule has 0 radical (unpaired) electrons. The average Bonchev–Trinajstić information content (AvgIpc) is 3.72. The first-order valence-electron chi connectivity index (χ1n) is 22.0. The van der Waals surface area contributed by atoms with Crippen molar-refractivity contribution in [2.45, 2.75) is 12.8 Å². The van der Waals surface area contributed by atoms with Gasteiger partial charge in [0.15, 0.2) is 0 Å². The van der Waals surface area contributed by atoms with Gasteiger partial charge < -0.3 is 4.42 Å². The van der Waals surface area contributed by atoms with Gasteiger partial charge in [0.2, 0.25) is 0 Å². The van der Waals surface area contributed by atoms with E-state index in [1.165, 1.54) is 98.7 Å². The summed E-state index contributed by atoms with van der Waals surface area (Å²) in [6.45, 7) is 0. The highest BCUT2D eigenvalue weighted by Crippen LogP contribution is 2.48. The van der Waals surface area contributed by atoms with Crippen LogP contribution in [0.5, 0.6) is 0 Å². The molecule has 0 aliphatic heterocycles. The lowest BCUT2D eigenvalue weighted by atomic mass is 9.83. The Morgan fingerprint density at radius 3 is 1.71 bits per heavy atom. The minimum absolute atomic E-state index is 0.902. The molecule has 0 unspecified atom stereocenters. The quantitative estimate of drug-likeness (QED) is 0.158. The molecular formula is C62H40O. The summed E-state index contributed by atoms with van der Waals surface area (Å²) in [5.41, 5.74) is 16.7. The Morgan fingerprint density at radius 1 is 0.333 bits per heavy atom. The largest absolute Gasteiger partial charge is 0.455 e. The molecule has 0 saturated heterocycles. The maximum Gasteiger partial charge on any atom is 0.143 e. The number of furan rings is 1. The molecule has 1 nitrogen and oxygen atoms in total. The van der Waals surface area contributed by atoms with E-state index >= 15 is 0 Å². The summed E-state index contributed by atoms with van der Waals surface area (Å²) in [6.07, 6.45) is 6.80. The molecule has 294 valence electrons. The van der Waals surface area contributed by atoms with Gasteiger partial charge in [-0.15, -0.1) is 0 Å². The van der Waals surface area contributed by atoms with Crippen LogP contribution in [0, 0.1) is 0 Å². The lowest BCUT2D eigenvalue weighted by Gasteiger charge is -2.20. The SMILES string of the molecule is C1=Cc2c(cccc2-c2cccc(-c3c4ccccc4c(-c4cccc(-c5cccc6ccccc56)c4)c4ccc(-c5c6ccccc6cc6c5oc5ccccc56)cc34)c2)CC1. The van der Waals surface area contributed by atoms with Gasteiger partial charge >= 0.3 is 0 Å². The van der Waals surface area contributed by atoms with Gasteiger partial charge in [0.05, 0.1) is 0 Å². The second-order valence-electron chi connectivity index (χ2n) is 17.0. The molecule has 12 aromatic rings. The molecule has 1 aliphatic carbocycles. The average molecular weight is 801 g/mol. The summed E-state index contributed by atoms with van der Waals surface area (Å²) in [5, 5.41) is 12.0. The predicted molar refractivity (Wildman–Crippen MR) is 268 cm³/mol. The van der Waals surface area contributed by atoms with Crippen LogP contribution in [0.3, 0.4) is 0 Å². The van der Waals surface area contributed by atoms with Gasteiger partial charge in [-0.2, -0.15) is 0 Å². The standard InChI is InChI=1S/C62H40O/c1-4-24-47-39(15-1)18-13-30-49(47)41-20-11-22-44(35-41)59-53-28-7-8-29-54(53)60(45-23-12-21-42(36-45)50-31-14-19-40-16-2-5-25-48(40)50)56-38-46(33-34-55(56)59)61-51-26-6-3-17-43(51)37-57-52-27-9-10-32-58(52)63-62(57)61/h1,3-15,17-38H,2,16H2. The fourth-order valence-corrected chi connectivity index (χ4v) is 10.6. The van der Waals surface area contributed by atoms with Gasteiger partial charge in [-0.25, -0.2) is 0 Å². The molecule has 13 rings (SSSR count). The monoisotopic (exact) mass is 800 g/mol. The van der Waals surface area contributed by atoms with E-state index in [1.54, 1.807) is 0 Å². The zero-order chi connectivity index (χ0) is 41.4. The van der Waals surface area contributed by atoms with Crippen molar-refractivity contribution in [3.63, 3.8) is 0 Å². The van der Waals surface area contributed by atoms with Crippen molar-refractivity contribution in [3.05, 3.63) is 223 Å². The highest BCUT2D eigenvalue weighted by Gasteiger charge is 2.22. The van der Waals surface area contributed by atoms with Crippen molar-refractivity contribution in [1.82, 2.24) is 0 Å². The highest BCUT2D eigenvalue weighted by molar-refractivity contribution is 6.24. The molecule has 0 saturated carbocycles. The number of benzene rings is 11. The van der Waals surface area contributed by atoms with E-state index in [0.29, 0.717) is 0 Å². The summed E-state index contributed by atoms with van der Waals surface area (Å²) in [6, 6.07) is 76.2. The minimum Gasteiger partial charge on any atom is -0.455 e. The Balaban J connectivity index is 1.12. The number of aryl methyl sites for hydroxylation is 1. The van der Waals surface area contributed by atoms with E-state index in [2.05, 4.69) is 218 Å². The minimum atomic E-state index is 0.902. The summed E-state index contributed by atoms with van der Waals surface area (Å²) < 4.78 is 6.83. The van der Waals surface area contributed by atoms with Crippen molar-refractivity contribution >= 4 is 71.1 Å².